The average Bonchev–Trinajstić information content (AvgIpc) is 3.28. The van der Waals surface area contributed by atoms with Crippen molar-refractivity contribution in [2.45, 2.75) is 103 Å². The molecule has 3 heterocycles. The molecule has 0 N–H and O–H groups in total. The van der Waals surface area contributed by atoms with Gasteiger partial charge in [0.05, 0.1) is 42.2 Å². The van der Waals surface area contributed by atoms with Crippen LogP contribution in [0.15, 0.2) is 18.6 Å². The Hall–Kier alpha value is -3.00. The van der Waals surface area contributed by atoms with E-state index in [-0.39, 0.29) is 43.7 Å². The third-order valence-electron chi connectivity index (χ3n) is 6.85. The standard InChI is InChI=1S/C24H35F6N9/c1-16(2)22-14-35(34-37(22)12-19-8-23(19,26)27)10-17(3)21-13-36(39(33-21)15-24(28,29)30)11-18(4)20-9-31-38(32-20)7-5-6-25/h9,13-14,16-19H,5-8,10-12,15H2,1-4H3/q+2. The van der Waals surface area contributed by atoms with Gasteiger partial charge in [0.2, 0.25) is 5.69 Å². The number of aromatic nitrogens is 9. The van der Waals surface area contributed by atoms with Gasteiger partial charge in [0.25, 0.3) is 5.92 Å². The Balaban J connectivity index is 1.51. The van der Waals surface area contributed by atoms with Crippen LogP contribution in [0.1, 0.15) is 75.4 Å². The summed E-state index contributed by atoms with van der Waals surface area (Å²) < 4.78 is 84.1. The van der Waals surface area contributed by atoms with Crippen molar-refractivity contribution in [3.8, 4) is 0 Å². The Morgan fingerprint density at radius 3 is 2.36 bits per heavy atom. The molecule has 0 saturated heterocycles. The molecule has 0 aliphatic heterocycles. The van der Waals surface area contributed by atoms with Crippen molar-refractivity contribution in [3.63, 3.8) is 0 Å². The van der Waals surface area contributed by atoms with Crippen LogP contribution in [0.4, 0.5) is 26.3 Å². The van der Waals surface area contributed by atoms with Crippen LogP contribution in [0.5, 0.6) is 0 Å². The molecule has 3 aromatic rings. The van der Waals surface area contributed by atoms with Crippen LogP contribution in [0, 0.1) is 5.92 Å². The summed E-state index contributed by atoms with van der Waals surface area (Å²) in [5.74, 6) is -3.91. The lowest BCUT2D eigenvalue weighted by atomic mass is 10.1. The minimum absolute atomic E-state index is 0.0611. The van der Waals surface area contributed by atoms with Crippen molar-refractivity contribution in [2.24, 2.45) is 5.92 Å². The van der Waals surface area contributed by atoms with Gasteiger partial charge in [-0.15, -0.1) is 9.36 Å². The maximum Gasteiger partial charge on any atom is 0.413 e. The molecule has 3 unspecified atom stereocenters. The fourth-order valence-electron chi connectivity index (χ4n) is 4.48. The first-order valence-electron chi connectivity index (χ1n) is 13.1. The maximum atomic E-state index is 13.5. The lowest BCUT2D eigenvalue weighted by Crippen LogP contribution is -2.47. The molecule has 15 heteroatoms. The van der Waals surface area contributed by atoms with Crippen molar-refractivity contribution >= 4 is 0 Å². The Morgan fingerprint density at radius 1 is 1.05 bits per heavy atom. The molecule has 0 aromatic carbocycles. The summed E-state index contributed by atoms with van der Waals surface area (Å²) in [6.45, 7) is 6.74. The molecule has 3 atom stereocenters. The van der Waals surface area contributed by atoms with Crippen molar-refractivity contribution < 1.29 is 35.7 Å². The van der Waals surface area contributed by atoms with Crippen LogP contribution >= 0.6 is 0 Å². The molecule has 0 spiro atoms. The predicted octanol–water partition coefficient (Wildman–Crippen LogP) is 3.55. The van der Waals surface area contributed by atoms with Gasteiger partial charge in [0.15, 0.2) is 24.6 Å². The number of alkyl halides is 6. The first kappa shape index (κ1) is 29.0. The molecule has 9 nitrogen and oxygen atoms in total. The number of rotatable bonds is 13. The van der Waals surface area contributed by atoms with Crippen LogP contribution < -0.4 is 9.36 Å². The van der Waals surface area contributed by atoms with Gasteiger partial charge < -0.3 is 0 Å². The van der Waals surface area contributed by atoms with E-state index in [1.54, 1.807) is 21.8 Å². The van der Waals surface area contributed by atoms with Crippen LogP contribution in [-0.4, -0.2) is 53.6 Å². The van der Waals surface area contributed by atoms with Crippen LogP contribution in [0.2, 0.25) is 0 Å². The third-order valence-corrected chi connectivity index (χ3v) is 6.85. The van der Waals surface area contributed by atoms with Gasteiger partial charge in [-0.3, -0.25) is 4.39 Å². The van der Waals surface area contributed by atoms with E-state index >= 15 is 0 Å². The van der Waals surface area contributed by atoms with Crippen LogP contribution in [0.25, 0.3) is 0 Å². The van der Waals surface area contributed by atoms with Crippen molar-refractivity contribution in [1.29, 1.82) is 0 Å². The summed E-state index contributed by atoms with van der Waals surface area (Å²) in [5.41, 5.74) is 1.84. The monoisotopic (exact) mass is 563 g/mol. The maximum absolute atomic E-state index is 13.5. The van der Waals surface area contributed by atoms with E-state index in [0.717, 1.165) is 10.5 Å². The van der Waals surface area contributed by atoms with E-state index < -0.39 is 31.2 Å². The summed E-state index contributed by atoms with van der Waals surface area (Å²) in [7, 11) is 0. The Kier molecular flexibility index (Phi) is 8.36. The fourth-order valence-corrected chi connectivity index (χ4v) is 4.48. The van der Waals surface area contributed by atoms with Gasteiger partial charge in [-0.1, -0.05) is 27.7 Å². The van der Waals surface area contributed by atoms with E-state index in [1.807, 2.05) is 27.7 Å². The number of hydrogen-bond donors (Lipinski definition) is 0. The summed E-state index contributed by atoms with van der Waals surface area (Å²) in [6.07, 6.45) is 0.581. The zero-order valence-corrected chi connectivity index (χ0v) is 22.5. The quantitative estimate of drug-likeness (QED) is 0.236. The highest BCUT2D eigenvalue weighted by Gasteiger charge is 2.58. The minimum atomic E-state index is -4.47. The molecule has 1 fully saturated rings. The SMILES string of the molecule is CC(C)c1c[n+](CC(C)c2c[n+](CC(C)c3cnn(CCCF)n3)n(CC(F)(F)F)n2)nn1CC1CC1(F)F. The molecule has 0 bridgehead atoms. The predicted molar refractivity (Wildman–Crippen MR) is 125 cm³/mol. The molecule has 0 amide bonds. The Morgan fingerprint density at radius 2 is 1.74 bits per heavy atom. The lowest BCUT2D eigenvalue weighted by Gasteiger charge is -2.09. The van der Waals surface area contributed by atoms with Gasteiger partial charge in [-0.25, -0.2) is 8.78 Å². The summed E-state index contributed by atoms with van der Waals surface area (Å²) in [5, 5.41) is 17.2. The summed E-state index contributed by atoms with van der Waals surface area (Å²) >= 11 is 0. The molecule has 3 aromatic heterocycles. The largest absolute Gasteiger partial charge is 0.413 e. The molecular formula is C24H35F6N9+2. The molecule has 0 radical (unpaired) electrons. The first-order chi connectivity index (χ1) is 18.3. The molecular weight excluding hydrogens is 528 g/mol. The topological polar surface area (TPSA) is 74.1 Å². The Bertz CT molecular complexity index is 1250. The second-order valence-electron chi connectivity index (χ2n) is 10.8. The van der Waals surface area contributed by atoms with E-state index in [0.29, 0.717) is 24.5 Å². The van der Waals surface area contributed by atoms with Gasteiger partial charge >= 0.3 is 6.18 Å². The highest BCUT2D eigenvalue weighted by atomic mass is 19.4. The number of nitrogens with zero attached hydrogens (tertiary/aromatic N) is 9. The van der Waals surface area contributed by atoms with Gasteiger partial charge in [0.1, 0.15) is 19.6 Å². The minimum Gasteiger partial charge on any atom is -0.251 e. The van der Waals surface area contributed by atoms with Crippen molar-refractivity contribution in [1.82, 2.24) is 34.8 Å². The number of hydrogen-bond acceptors (Lipinski definition) is 4. The number of aryl methyl sites for hydroxylation is 1. The van der Waals surface area contributed by atoms with Gasteiger partial charge in [-0.05, 0) is 11.2 Å². The van der Waals surface area contributed by atoms with Crippen LogP contribution in [-0.2, 0) is 32.7 Å². The molecule has 1 saturated carbocycles. The van der Waals surface area contributed by atoms with Gasteiger partial charge in [0, 0.05) is 23.4 Å². The van der Waals surface area contributed by atoms with E-state index in [4.69, 9.17) is 0 Å². The van der Waals surface area contributed by atoms with Crippen molar-refractivity contribution in [3.05, 3.63) is 35.7 Å². The summed E-state index contributed by atoms with van der Waals surface area (Å²) in [4.78, 5) is 2.27. The van der Waals surface area contributed by atoms with E-state index in [1.165, 1.54) is 15.7 Å². The lowest BCUT2D eigenvalue weighted by molar-refractivity contribution is -0.784. The average molecular weight is 564 g/mol. The second-order valence-corrected chi connectivity index (χ2v) is 10.8. The third kappa shape index (κ3) is 7.35. The molecule has 4 rings (SSSR count). The zero-order valence-electron chi connectivity index (χ0n) is 22.5. The molecule has 216 valence electrons. The summed E-state index contributed by atoms with van der Waals surface area (Å²) in [6, 6.07) is 0. The van der Waals surface area contributed by atoms with Crippen molar-refractivity contribution in [2.75, 3.05) is 6.67 Å². The van der Waals surface area contributed by atoms with E-state index in [9.17, 15) is 26.3 Å². The molecule has 39 heavy (non-hydrogen) atoms. The zero-order chi connectivity index (χ0) is 28.5. The molecule has 1 aliphatic rings. The highest BCUT2D eigenvalue weighted by Crippen LogP contribution is 2.49. The highest BCUT2D eigenvalue weighted by molar-refractivity contribution is 5.02. The first-order valence-corrected chi connectivity index (χ1v) is 13.1. The second kappa shape index (κ2) is 11.2. The molecule has 1 aliphatic carbocycles. The fraction of sp³-hybridized carbons (Fsp3) is 0.750. The smallest absolute Gasteiger partial charge is 0.251 e. The van der Waals surface area contributed by atoms with Crippen LogP contribution in [0.3, 0.4) is 0 Å². The Labute approximate surface area is 222 Å². The van der Waals surface area contributed by atoms with Gasteiger partial charge in [-0.2, -0.15) is 32.8 Å². The number of halogens is 6. The normalized spacial score (nSPS) is 18.6. The van der Waals surface area contributed by atoms with E-state index in [2.05, 4.69) is 20.5 Å².